The Hall–Kier alpha value is -1.91. The summed E-state index contributed by atoms with van der Waals surface area (Å²) in [7, 11) is 0. The van der Waals surface area contributed by atoms with Crippen molar-refractivity contribution in [3.63, 3.8) is 0 Å². The summed E-state index contributed by atoms with van der Waals surface area (Å²) in [5.41, 5.74) is 6.46. The van der Waals surface area contributed by atoms with E-state index in [0.717, 1.165) is 12.2 Å². The highest BCUT2D eigenvalue weighted by atomic mass is 15.3. The smallest absolute Gasteiger partial charge is 0.179 e. The summed E-state index contributed by atoms with van der Waals surface area (Å²) in [5.74, 6) is 1.09. The van der Waals surface area contributed by atoms with Crippen LogP contribution in [0.15, 0.2) is 24.5 Å². The predicted molar refractivity (Wildman–Crippen MR) is 53.3 cm³/mol. The molecule has 2 aromatic rings. The summed E-state index contributed by atoms with van der Waals surface area (Å²) in [6, 6.07) is 3.54. The molecule has 5 heteroatoms. The molecule has 0 spiro atoms. The number of aromatic nitrogens is 4. The number of anilines is 1. The van der Waals surface area contributed by atoms with Gasteiger partial charge in [-0.15, -0.1) is 0 Å². The fourth-order valence-corrected chi connectivity index (χ4v) is 1.27. The van der Waals surface area contributed by atoms with Crippen molar-refractivity contribution in [2.75, 3.05) is 5.73 Å². The maximum atomic E-state index is 5.58. The van der Waals surface area contributed by atoms with Crippen molar-refractivity contribution in [1.82, 2.24) is 19.7 Å². The Morgan fingerprint density at radius 2 is 2.21 bits per heavy atom. The molecule has 2 rings (SSSR count). The minimum Gasteiger partial charge on any atom is -0.384 e. The zero-order valence-corrected chi connectivity index (χ0v) is 7.88. The van der Waals surface area contributed by atoms with Gasteiger partial charge in [-0.25, -0.2) is 9.97 Å². The first-order valence-electron chi connectivity index (χ1n) is 4.42. The first-order chi connectivity index (χ1) is 6.81. The molecule has 0 aliphatic carbocycles. The lowest BCUT2D eigenvalue weighted by Crippen LogP contribution is -2.02. The van der Waals surface area contributed by atoms with E-state index in [-0.39, 0.29) is 0 Å². The number of nitrogens with two attached hydrogens (primary N) is 1. The van der Waals surface area contributed by atoms with Gasteiger partial charge in [0.05, 0.1) is 0 Å². The van der Waals surface area contributed by atoms with Crippen LogP contribution in [0, 0.1) is 0 Å². The van der Waals surface area contributed by atoms with E-state index in [2.05, 4.69) is 15.1 Å². The topological polar surface area (TPSA) is 69.6 Å². The highest BCUT2D eigenvalue weighted by molar-refractivity contribution is 5.50. The molecule has 0 aliphatic heterocycles. The third kappa shape index (κ3) is 1.44. The van der Waals surface area contributed by atoms with Crippen molar-refractivity contribution in [2.24, 2.45) is 0 Å². The Morgan fingerprint density at radius 1 is 1.36 bits per heavy atom. The Labute approximate surface area is 81.6 Å². The van der Waals surface area contributed by atoms with E-state index in [0.29, 0.717) is 11.6 Å². The van der Waals surface area contributed by atoms with E-state index in [1.165, 1.54) is 0 Å². The van der Waals surface area contributed by atoms with Gasteiger partial charge in [0.15, 0.2) is 5.82 Å². The minimum absolute atomic E-state index is 0.471. The maximum Gasteiger partial charge on any atom is 0.179 e. The zero-order chi connectivity index (χ0) is 9.97. The third-order valence-corrected chi connectivity index (χ3v) is 1.92. The van der Waals surface area contributed by atoms with Crippen LogP contribution in [0.4, 0.5) is 5.82 Å². The number of rotatable bonds is 2. The van der Waals surface area contributed by atoms with Crippen molar-refractivity contribution in [2.45, 2.75) is 13.5 Å². The summed E-state index contributed by atoms with van der Waals surface area (Å²) in [5, 5.41) is 4.14. The average Bonchev–Trinajstić information content (AvgIpc) is 2.65. The van der Waals surface area contributed by atoms with Crippen LogP contribution in [0.25, 0.3) is 11.5 Å². The van der Waals surface area contributed by atoms with Crippen LogP contribution in [0.1, 0.15) is 6.92 Å². The molecule has 2 aromatic heterocycles. The van der Waals surface area contributed by atoms with Gasteiger partial charge in [-0.2, -0.15) is 5.10 Å². The molecule has 0 radical (unpaired) electrons. The van der Waals surface area contributed by atoms with Gasteiger partial charge in [-0.3, -0.25) is 4.68 Å². The standard InChI is InChI=1S/C9H11N5/c1-2-14-7(3-6-12-14)9-11-5-4-8(10)13-9/h3-6H,2H2,1H3,(H2,10,11,13). The lowest BCUT2D eigenvalue weighted by molar-refractivity contribution is 0.664. The Morgan fingerprint density at radius 3 is 2.93 bits per heavy atom. The van der Waals surface area contributed by atoms with Crippen LogP contribution >= 0.6 is 0 Å². The summed E-state index contributed by atoms with van der Waals surface area (Å²) in [4.78, 5) is 8.27. The Kier molecular flexibility index (Phi) is 2.14. The fraction of sp³-hybridized carbons (Fsp3) is 0.222. The van der Waals surface area contributed by atoms with Gasteiger partial charge in [0.1, 0.15) is 11.5 Å². The molecule has 2 heterocycles. The lowest BCUT2D eigenvalue weighted by Gasteiger charge is -2.02. The van der Waals surface area contributed by atoms with Gasteiger partial charge in [0.2, 0.25) is 0 Å². The number of nitrogens with zero attached hydrogens (tertiary/aromatic N) is 4. The second-order valence-corrected chi connectivity index (χ2v) is 2.84. The summed E-state index contributed by atoms with van der Waals surface area (Å²) >= 11 is 0. The number of hydrogen-bond donors (Lipinski definition) is 1. The summed E-state index contributed by atoms with van der Waals surface area (Å²) < 4.78 is 1.83. The van der Waals surface area contributed by atoms with Crippen molar-refractivity contribution in [1.29, 1.82) is 0 Å². The minimum atomic E-state index is 0.471. The van der Waals surface area contributed by atoms with Crippen molar-refractivity contribution in [3.05, 3.63) is 24.5 Å². The molecule has 0 saturated carbocycles. The molecule has 0 bridgehead atoms. The van der Waals surface area contributed by atoms with E-state index in [1.807, 2.05) is 17.7 Å². The molecule has 5 nitrogen and oxygen atoms in total. The van der Waals surface area contributed by atoms with E-state index >= 15 is 0 Å². The van der Waals surface area contributed by atoms with Crippen molar-refractivity contribution >= 4 is 5.82 Å². The molecule has 2 N–H and O–H groups in total. The number of hydrogen-bond acceptors (Lipinski definition) is 4. The molecule has 0 aromatic carbocycles. The van der Waals surface area contributed by atoms with Gasteiger partial charge >= 0.3 is 0 Å². The largest absolute Gasteiger partial charge is 0.384 e. The van der Waals surface area contributed by atoms with E-state index in [1.54, 1.807) is 18.5 Å². The normalized spacial score (nSPS) is 10.4. The van der Waals surface area contributed by atoms with Crippen LogP contribution in [0.3, 0.4) is 0 Å². The van der Waals surface area contributed by atoms with Gasteiger partial charge in [-0.05, 0) is 19.1 Å². The highest BCUT2D eigenvalue weighted by Crippen LogP contribution is 2.14. The van der Waals surface area contributed by atoms with Crippen LogP contribution in [0.5, 0.6) is 0 Å². The van der Waals surface area contributed by atoms with Gasteiger partial charge in [0.25, 0.3) is 0 Å². The van der Waals surface area contributed by atoms with Gasteiger partial charge in [0, 0.05) is 18.9 Å². The maximum absolute atomic E-state index is 5.58. The second-order valence-electron chi connectivity index (χ2n) is 2.84. The first-order valence-corrected chi connectivity index (χ1v) is 4.42. The SMILES string of the molecule is CCn1nccc1-c1nccc(N)n1. The summed E-state index contributed by atoms with van der Waals surface area (Å²) in [6.07, 6.45) is 3.37. The molecular formula is C9H11N5. The van der Waals surface area contributed by atoms with Crippen molar-refractivity contribution < 1.29 is 0 Å². The predicted octanol–water partition coefficient (Wildman–Crippen LogP) is 0.942. The Balaban J connectivity index is 2.49. The molecule has 0 unspecified atom stereocenters. The van der Waals surface area contributed by atoms with E-state index < -0.39 is 0 Å². The summed E-state index contributed by atoms with van der Waals surface area (Å²) in [6.45, 7) is 2.81. The molecule has 0 amide bonds. The van der Waals surface area contributed by atoms with Crippen LogP contribution in [-0.2, 0) is 6.54 Å². The molecule has 0 saturated heterocycles. The van der Waals surface area contributed by atoms with Crippen LogP contribution in [-0.4, -0.2) is 19.7 Å². The Bertz CT molecular complexity index is 434. The number of aryl methyl sites for hydroxylation is 1. The molecular weight excluding hydrogens is 178 g/mol. The van der Waals surface area contributed by atoms with Gasteiger partial charge in [-0.1, -0.05) is 0 Å². The van der Waals surface area contributed by atoms with Crippen LogP contribution < -0.4 is 5.73 Å². The molecule has 0 fully saturated rings. The van der Waals surface area contributed by atoms with Gasteiger partial charge < -0.3 is 5.73 Å². The van der Waals surface area contributed by atoms with E-state index in [4.69, 9.17) is 5.73 Å². The monoisotopic (exact) mass is 189 g/mol. The highest BCUT2D eigenvalue weighted by Gasteiger charge is 2.06. The fourth-order valence-electron chi connectivity index (χ4n) is 1.27. The van der Waals surface area contributed by atoms with E-state index in [9.17, 15) is 0 Å². The molecule has 72 valence electrons. The molecule has 0 aliphatic rings. The number of nitrogen functional groups attached to an aromatic ring is 1. The quantitative estimate of drug-likeness (QED) is 0.763. The van der Waals surface area contributed by atoms with Crippen molar-refractivity contribution in [3.8, 4) is 11.5 Å². The lowest BCUT2D eigenvalue weighted by atomic mass is 10.4. The zero-order valence-electron chi connectivity index (χ0n) is 7.88. The third-order valence-electron chi connectivity index (χ3n) is 1.92. The molecule has 14 heavy (non-hydrogen) atoms. The first kappa shape index (κ1) is 8.68. The molecule has 0 atom stereocenters. The van der Waals surface area contributed by atoms with Crippen LogP contribution in [0.2, 0.25) is 0 Å². The average molecular weight is 189 g/mol. The second kappa shape index (κ2) is 3.45.